The molecule has 142 valence electrons. The minimum Gasteiger partial charge on any atom is -0.467 e. The molecule has 0 saturated heterocycles. The number of fused-ring (bicyclic) bond motifs is 1. The molecule has 0 aliphatic rings. The fourth-order valence-electron chi connectivity index (χ4n) is 3.18. The fourth-order valence-corrected chi connectivity index (χ4v) is 3.18. The molecule has 0 saturated carbocycles. The molecule has 0 unspecified atom stereocenters. The van der Waals surface area contributed by atoms with Crippen molar-refractivity contribution in [2.75, 3.05) is 18.5 Å². The molecule has 0 atom stereocenters. The van der Waals surface area contributed by atoms with Crippen LogP contribution in [0.5, 0.6) is 0 Å². The van der Waals surface area contributed by atoms with E-state index in [4.69, 9.17) is 4.42 Å². The molecule has 7 heteroatoms. The Bertz CT molecular complexity index is 959. The third kappa shape index (κ3) is 3.58. The molecule has 0 spiro atoms. The van der Waals surface area contributed by atoms with Gasteiger partial charge in [0.05, 0.1) is 24.1 Å². The quantitative estimate of drug-likeness (QED) is 0.670. The Hall–Kier alpha value is -3.09. The van der Waals surface area contributed by atoms with Gasteiger partial charge in [-0.05, 0) is 37.6 Å². The second kappa shape index (κ2) is 7.65. The zero-order chi connectivity index (χ0) is 19.6. The van der Waals surface area contributed by atoms with Crippen LogP contribution in [0.1, 0.15) is 42.6 Å². The number of imidazole rings is 1. The molecule has 3 rings (SSSR count). The van der Waals surface area contributed by atoms with Crippen molar-refractivity contribution in [3.63, 3.8) is 0 Å². The van der Waals surface area contributed by atoms with E-state index in [1.165, 1.54) is 6.92 Å². The van der Waals surface area contributed by atoms with E-state index in [9.17, 15) is 9.59 Å². The maximum Gasteiger partial charge on any atom is 0.255 e. The number of rotatable bonds is 6. The Labute approximate surface area is 158 Å². The van der Waals surface area contributed by atoms with Crippen molar-refractivity contribution in [1.29, 1.82) is 0 Å². The van der Waals surface area contributed by atoms with Gasteiger partial charge in [-0.3, -0.25) is 18.9 Å². The number of furan rings is 1. The summed E-state index contributed by atoms with van der Waals surface area (Å²) in [5.74, 6) is 1.26. The van der Waals surface area contributed by atoms with Gasteiger partial charge in [-0.2, -0.15) is 0 Å². The summed E-state index contributed by atoms with van der Waals surface area (Å²) in [6.07, 6.45) is 4.04. The van der Waals surface area contributed by atoms with E-state index in [1.807, 2.05) is 30.4 Å². The van der Waals surface area contributed by atoms with Gasteiger partial charge < -0.3 is 9.32 Å². The molecule has 0 fully saturated rings. The summed E-state index contributed by atoms with van der Waals surface area (Å²) in [5.41, 5.74) is 2.07. The first-order chi connectivity index (χ1) is 13.0. The van der Waals surface area contributed by atoms with Crippen LogP contribution < -0.4 is 4.90 Å². The van der Waals surface area contributed by atoms with Crippen molar-refractivity contribution >= 4 is 23.3 Å². The summed E-state index contributed by atoms with van der Waals surface area (Å²) in [7, 11) is 1.73. The lowest BCUT2D eigenvalue weighted by molar-refractivity contribution is -0.116. The molecular formula is C20H24N4O3. The van der Waals surface area contributed by atoms with E-state index in [0.717, 1.165) is 17.3 Å². The second-order valence-electron chi connectivity index (χ2n) is 6.39. The molecule has 0 radical (unpaired) electrons. The maximum atomic E-state index is 12.8. The molecule has 0 bridgehead atoms. The molecule has 3 aromatic heterocycles. The summed E-state index contributed by atoms with van der Waals surface area (Å²) in [5, 5.41) is 0. The first-order valence-electron chi connectivity index (χ1n) is 9.03. The third-order valence-electron chi connectivity index (χ3n) is 4.52. The van der Waals surface area contributed by atoms with Crippen molar-refractivity contribution in [2.24, 2.45) is 0 Å². The van der Waals surface area contributed by atoms with Gasteiger partial charge in [0.2, 0.25) is 5.91 Å². The van der Waals surface area contributed by atoms with E-state index in [-0.39, 0.29) is 11.8 Å². The molecule has 7 nitrogen and oxygen atoms in total. The van der Waals surface area contributed by atoms with Crippen LogP contribution >= 0.6 is 0 Å². The molecule has 0 aliphatic heterocycles. The SMILES string of the molecule is CCc1nc2ccc(C(=O)N(C)Cc3ccco3)cn2c1N(CC)C(C)=O. The number of amides is 2. The Morgan fingerprint density at radius 3 is 2.59 bits per heavy atom. The zero-order valence-electron chi connectivity index (χ0n) is 16.1. The van der Waals surface area contributed by atoms with Crippen LogP contribution in [0.4, 0.5) is 5.82 Å². The average molecular weight is 368 g/mol. The maximum absolute atomic E-state index is 12.8. The second-order valence-corrected chi connectivity index (χ2v) is 6.39. The normalized spacial score (nSPS) is 11.0. The third-order valence-corrected chi connectivity index (χ3v) is 4.52. The van der Waals surface area contributed by atoms with Crippen molar-refractivity contribution in [1.82, 2.24) is 14.3 Å². The van der Waals surface area contributed by atoms with Crippen molar-refractivity contribution in [2.45, 2.75) is 33.7 Å². The summed E-state index contributed by atoms with van der Waals surface area (Å²) in [6, 6.07) is 7.20. The van der Waals surface area contributed by atoms with Crippen LogP contribution in [0, 0.1) is 0 Å². The van der Waals surface area contributed by atoms with Crippen LogP contribution in [-0.2, 0) is 17.8 Å². The van der Waals surface area contributed by atoms with E-state index in [0.29, 0.717) is 30.7 Å². The number of carbonyl (C=O) groups is 2. The Morgan fingerprint density at radius 2 is 2.00 bits per heavy atom. The molecule has 2 amide bonds. The van der Waals surface area contributed by atoms with Crippen LogP contribution in [-0.4, -0.2) is 39.7 Å². The summed E-state index contributed by atoms with van der Waals surface area (Å²) in [6.45, 7) is 6.38. The molecular weight excluding hydrogens is 344 g/mol. The van der Waals surface area contributed by atoms with Gasteiger partial charge in [0.1, 0.15) is 17.2 Å². The number of nitrogens with zero attached hydrogens (tertiary/aromatic N) is 4. The Kier molecular flexibility index (Phi) is 5.30. The minimum absolute atomic E-state index is 0.0549. The van der Waals surface area contributed by atoms with Crippen LogP contribution in [0.2, 0.25) is 0 Å². The number of carbonyl (C=O) groups excluding carboxylic acids is 2. The number of hydrogen-bond donors (Lipinski definition) is 0. The average Bonchev–Trinajstić information content (AvgIpc) is 3.28. The van der Waals surface area contributed by atoms with Crippen LogP contribution in [0.25, 0.3) is 5.65 Å². The van der Waals surface area contributed by atoms with Crippen LogP contribution in [0.15, 0.2) is 41.1 Å². The number of pyridine rings is 1. The van der Waals surface area contributed by atoms with Crippen LogP contribution in [0.3, 0.4) is 0 Å². The van der Waals surface area contributed by atoms with E-state index in [1.54, 1.807) is 41.4 Å². The first kappa shape index (κ1) is 18.7. The van der Waals surface area contributed by atoms with Crippen molar-refractivity contribution in [3.8, 4) is 0 Å². The number of aryl methyl sites for hydroxylation is 1. The molecule has 0 N–H and O–H groups in total. The van der Waals surface area contributed by atoms with Gasteiger partial charge in [0.25, 0.3) is 5.91 Å². The van der Waals surface area contributed by atoms with E-state index < -0.39 is 0 Å². The highest BCUT2D eigenvalue weighted by Crippen LogP contribution is 2.24. The van der Waals surface area contributed by atoms with Gasteiger partial charge in [-0.15, -0.1) is 0 Å². The summed E-state index contributed by atoms with van der Waals surface area (Å²) >= 11 is 0. The Balaban J connectivity index is 2.00. The zero-order valence-corrected chi connectivity index (χ0v) is 16.1. The standard InChI is InChI=1S/C20H24N4O3/c1-5-17-19(23(6-2)14(3)25)24-12-15(9-10-18(24)21-17)20(26)22(4)13-16-8-7-11-27-16/h7-12H,5-6,13H2,1-4H3. The lowest BCUT2D eigenvalue weighted by atomic mass is 10.2. The monoisotopic (exact) mass is 368 g/mol. The lowest BCUT2D eigenvalue weighted by Gasteiger charge is -2.20. The predicted molar refractivity (Wildman–Crippen MR) is 103 cm³/mol. The van der Waals surface area contributed by atoms with Gasteiger partial charge in [0, 0.05) is 26.7 Å². The first-order valence-corrected chi connectivity index (χ1v) is 9.03. The van der Waals surface area contributed by atoms with Gasteiger partial charge in [-0.25, -0.2) is 4.98 Å². The molecule has 0 aromatic carbocycles. The topological polar surface area (TPSA) is 71.1 Å². The van der Waals surface area contributed by atoms with Gasteiger partial charge in [0.15, 0.2) is 0 Å². The number of hydrogen-bond acceptors (Lipinski definition) is 4. The van der Waals surface area contributed by atoms with Gasteiger partial charge >= 0.3 is 0 Å². The predicted octanol–water partition coefficient (Wildman–Crippen LogP) is 3.13. The highest BCUT2D eigenvalue weighted by Gasteiger charge is 2.21. The Morgan fingerprint density at radius 1 is 1.22 bits per heavy atom. The van der Waals surface area contributed by atoms with Gasteiger partial charge in [-0.1, -0.05) is 6.92 Å². The molecule has 0 aliphatic carbocycles. The smallest absolute Gasteiger partial charge is 0.255 e. The largest absolute Gasteiger partial charge is 0.467 e. The minimum atomic E-state index is -0.128. The summed E-state index contributed by atoms with van der Waals surface area (Å²) in [4.78, 5) is 32.8. The highest BCUT2D eigenvalue weighted by atomic mass is 16.3. The van der Waals surface area contributed by atoms with E-state index in [2.05, 4.69) is 4.98 Å². The van der Waals surface area contributed by atoms with E-state index >= 15 is 0 Å². The number of aromatic nitrogens is 2. The summed E-state index contributed by atoms with van der Waals surface area (Å²) < 4.78 is 7.15. The fraction of sp³-hybridized carbons (Fsp3) is 0.350. The lowest BCUT2D eigenvalue weighted by Crippen LogP contribution is -2.30. The molecule has 3 aromatic rings. The van der Waals surface area contributed by atoms with Crippen molar-refractivity contribution < 1.29 is 14.0 Å². The number of anilines is 1. The van der Waals surface area contributed by atoms with Crippen molar-refractivity contribution in [3.05, 3.63) is 53.7 Å². The molecule has 27 heavy (non-hydrogen) atoms. The molecule has 3 heterocycles. The highest BCUT2D eigenvalue weighted by molar-refractivity contribution is 5.95.